The Hall–Kier alpha value is -1.07. The van der Waals surface area contributed by atoms with Gasteiger partial charge in [0.25, 0.3) is 5.56 Å². The van der Waals surface area contributed by atoms with E-state index in [0.717, 1.165) is 6.42 Å². The molecule has 1 aromatic rings. The Labute approximate surface area is 123 Å². The van der Waals surface area contributed by atoms with Gasteiger partial charge in [0.05, 0.1) is 5.56 Å². The number of nitrogens with zero attached hydrogens (tertiary/aromatic N) is 2. The van der Waals surface area contributed by atoms with Gasteiger partial charge in [-0.1, -0.05) is 24.9 Å². The van der Waals surface area contributed by atoms with Gasteiger partial charge in [0.15, 0.2) is 0 Å². The maximum atomic E-state index is 12.4. The summed E-state index contributed by atoms with van der Waals surface area (Å²) < 4.78 is 1.28. The van der Waals surface area contributed by atoms with E-state index < -0.39 is 5.69 Å². The summed E-state index contributed by atoms with van der Waals surface area (Å²) in [6, 6.07) is 0.749. The molecule has 1 unspecified atom stereocenters. The van der Waals surface area contributed by atoms with E-state index in [1.54, 1.807) is 0 Å². The molecule has 1 heterocycles. The normalized spacial score (nSPS) is 16.6. The summed E-state index contributed by atoms with van der Waals surface area (Å²) in [5, 5.41) is 0.182. The van der Waals surface area contributed by atoms with Gasteiger partial charge in [0.2, 0.25) is 0 Å². The van der Waals surface area contributed by atoms with Crippen LogP contribution in [-0.2, 0) is 13.0 Å². The Morgan fingerprint density at radius 3 is 2.65 bits per heavy atom. The predicted molar refractivity (Wildman–Crippen MR) is 80.6 cm³/mol. The number of hydrogen-bond acceptors (Lipinski definition) is 3. The number of H-pyrrole nitrogens is 1. The van der Waals surface area contributed by atoms with Gasteiger partial charge in [-0.15, -0.1) is 0 Å². The highest BCUT2D eigenvalue weighted by Crippen LogP contribution is 2.27. The van der Waals surface area contributed by atoms with E-state index in [1.165, 1.54) is 17.4 Å². The molecule has 1 N–H and O–H groups in total. The summed E-state index contributed by atoms with van der Waals surface area (Å²) in [4.78, 5) is 29.2. The second-order valence-electron chi connectivity index (χ2n) is 5.63. The van der Waals surface area contributed by atoms with E-state index in [1.807, 2.05) is 20.9 Å². The Kier molecular flexibility index (Phi) is 4.70. The Bertz CT molecular complexity index is 589. The van der Waals surface area contributed by atoms with Crippen LogP contribution in [0.4, 0.5) is 0 Å². The number of aromatic nitrogens is 2. The van der Waals surface area contributed by atoms with Crippen LogP contribution in [0, 0.1) is 0 Å². The van der Waals surface area contributed by atoms with Crippen molar-refractivity contribution in [3.8, 4) is 0 Å². The van der Waals surface area contributed by atoms with E-state index in [9.17, 15) is 9.59 Å². The molecule has 2 rings (SSSR count). The molecule has 0 spiro atoms. The number of nitrogens with one attached hydrogen (secondary N) is 1. The zero-order valence-corrected chi connectivity index (χ0v) is 13.0. The first-order chi connectivity index (χ1) is 9.45. The standard InChI is InChI=1S/C14H22ClN3O2/c1-4-5-11-12(15)16-14(20)18(13(11)19)8-9(2)17(3)10-6-7-10/h9-10H,4-8H2,1-3H3,(H,16,20). The number of likely N-dealkylation sites (N-methyl/N-ethyl adjacent to an activating group) is 1. The highest BCUT2D eigenvalue weighted by molar-refractivity contribution is 6.30. The third-order valence-electron chi connectivity index (χ3n) is 3.99. The second-order valence-corrected chi connectivity index (χ2v) is 6.01. The third-order valence-corrected chi connectivity index (χ3v) is 4.32. The molecule has 1 atom stereocenters. The fourth-order valence-corrected chi connectivity index (χ4v) is 2.71. The number of aromatic amines is 1. The van der Waals surface area contributed by atoms with Crippen LogP contribution in [0.25, 0.3) is 0 Å². The fourth-order valence-electron chi connectivity index (χ4n) is 2.45. The smallest absolute Gasteiger partial charge is 0.299 e. The Morgan fingerprint density at radius 1 is 1.45 bits per heavy atom. The first kappa shape index (κ1) is 15.3. The van der Waals surface area contributed by atoms with Crippen molar-refractivity contribution in [3.63, 3.8) is 0 Å². The molecular weight excluding hydrogens is 278 g/mol. The lowest BCUT2D eigenvalue weighted by Crippen LogP contribution is -2.44. The number of halogens is 1. The highest BCUT2D eigenvalue weighted by Gasteiger charge is 2.29. The molecule has 0 aliphatic heterocycles. The summed E-state index contributed by atoms with van der Waals surface area (Å²) in [6.07, 6.45) is 3.81. The van der Waals surface area contributed by atoms with Crippen molar-refractivity contribution in [1.82, 2.24) is 14.5 Å². The third kappa shape index (κ3) is 3.15. The lowest BCUT2D eigenvalue weighted by molar-refractivity contribution is 0.222. The molecule has 0 bridgehead atoms. The van der Waals surface area contributed by atoms with Crippen molar-refractivity contribution in [2.75, 3.05) is 7.05 Å². The van der Waals surface area contributed by atoms with Crippen LogP contribution in [0.2, 0.25) is 5.15 Å². The second kappa shape index (κ2) is 6.14. The monoisotopic (exact) mass is 299 g/mol. The van der Waals surface area contributed by atoms with Crippen molar-refractivity contribution < 1.29 is 0 Å². The molecule has 0 amide bonds. The van der Waals surface area contributed by atoms with Gasteiger partial charge in [0, 0.05) is 18.6 Å². The van der Waals surface area contributed by atoms with Crippen LogP contribution < -0.4 is 11.2 Å². The maximum absolute atomic E-state index is 12.4. The molecule has 0 radical (unpaired) electrons. The Morgan fingerprint density at radius 2 is 2.10 bits per heavy atom. The molecule has 1 aliphatic carbocycles. The molecular formula is C14H22ClN3O2. The topological polar surface area (TPSA) is 58.1 Å². The average molecular weight is 300 g/mol. The average Bonchev–Trinajstić information content (AvgIpc) is 3.22. The van der Waals surface area contributed by atoms with Gasteiger partial charge < -0.3 is 0 Å². The van der Waals surface area contributed by atoms with Gasteiger partial charge >= 0.3 is 5.69 Å². The Balaban J connectivity index is 2.28. The molecule has 5 nitrogen and oxygen atoms in total. The van der Waals surface area contributed by atoms with Gasteiger partial charge in [-0.3, -0.25) is 19.2 Å². The first-order valence-corrected chi connectivity index (χ1v) is 7.57. The van der Waals surface area contributed by atoms with E-state index in [-0.39, 0.29) is 16.8 Å². The minimum absolute atomic E-state index is 0.150. The van der Waals surface area contributed by atoms with Crippen molar-refractivity contribution in [3.05, 3.63) is 31.6 Å². The number of rotatable bonds is 6. The zero-order valence-electron chi connectivity index (χ0n) is 12.3. The lowest BCUT2D eigenvalue weighted by Gasteiger charge is -2.24. The molecule has 1 aliphatic rings. The minimum Gasteiger partial charge on any atom is -0.299 e. The highest BCUT2D eigenvalue weighted by atomic mass is 35.5. The first-order valence-electron chi connectivity index (χ1n) is 7.19. The van der Waals surface area contributed by atoms with E-state index in [0.29, 0.717) is 24.6 Å². The summed E-state index contributed by atoms with van der Waals surface area (Å²) in [7, 11) is 2.05. The number of hydrogen-bond donors (Lipinski definition) is 1. The molecule has 20 heavy (non-hydrogen) atoms. The molecule has 112 valence electrons. The van der Waals surface area contributed by atoms with Gasteiger partial charge in [-0.05, 0) is 33.2 Å². The van der Waals surface area contributed by atoms with Crippen LogP contribution in [0.1, 0.15) is 38.7 Å². The summed E-state index contributed by atoms with van der Waals surface area (Å²) in [5.41, 5.74) is -0.164. The zero-order chi connectivity index (χ0) is 14.9. The van der Waals surface area contributed by atoms with Crippen LogP contribution in [0.3, 0.4) is 0 Å². The van der Waals surface area contributed by atoms with E-state index in [2.05, 4.69) is 9.88 Å². The summed E-state index contributed by atoms with van der Waals surface area (Å²) in [6.45, 7) is 4.42. The summed E-state index contributed by atoms with van der Waals surface area (Å²) in [5.74, 6) is 0. The van der Waals surface area contributed by atoms with E-state index >= 15 is 0 Å². The van der Waals surface area contributed by atoms with Crippen molar-refractivity contribution in [2.24, 2.45) is 0 Å². The van der Waals surface area contributed by atoms with Gasteiger partial charge in [-0.2, -0.15) is 0 Å². The van der Waals surface area contributed by atoms with Crippen molar-refractivity contribution in [2.45, 2.75) is 58.2 Å². The SMILES string of the molecule is CCCc1c(Cl)[nH]c(=O)n(CC(C)N(C)C2CC2)c1=O. The van der Waals surface area contributed by atoms with Gasteiger partial charge in [-0.25, -0.2) is 4.79 Å². The molecule has 6 heteroatoms. The van der Waals surface area contributed by atoms with Crippen molar-refractivity contribution in [1.29, 1.82) is 0 Å². The van der Waals surface area contributed by atoms with Crippen LogP contribution in [0.15, 0.2) is 9.59 Å². The minimum atomic E-state index is -0.420. The van der Waals surface area contributed by atoms with E-state index in [4.69, 9.17) is 11.6 Å². The largest absolute Gasteiger partial charge is 0.329 e. The lowest BCUT2D eigenvalue weighted by atomic mass is 10.2. The van der Waals surface area contributed by atoms with Crippen LogP contribution in [0.5, 0.6) is 0 Å². The van der Waals surface area contributed by atoms with Crippen LogP contribution >= 0.6 is 11.6 Å². The van der Waals surface area contributed by atoms with Crippen molar-refractivity contribution >= 4 is 11.6 Å². The molecule has 0 aromatic carbocycles. The van der Waals surface area contributed by atoms with Gasteiger partial charge in [0.1, 0.15) is 5.15 Å². The molecule has 1 saturated carbocycles. The molecule has 1 aromatic heterocycles. The van der Waals surface area contributed by atoms with Crippen LogP contribution in [-0.4, -0.2) is 33.6 Å². The summed E-state index contributed by atoms with van der Waals surface area (Å²) >= 11 is 5.97. The predicted octanol–water partition coefficient (Wildman–Crippen LogP) is 1.63. The maximum Gasteiger partial charge on any atom is 0.329 e. The fraction of sp³-hybridized carbons (Fsp3) is 0.714. The quantitative estimate of drug-likeness (QED) is 0.812. The molecule has 0 saturated heterocycles. The molecule has 1 fully saturated rings.